The highest BCUT2D eigenvalue weighted by Crippen LogP contribution is 2.11. The van der Waals surface area contributed by atoms with Crippen molar-refractivity contribution in [3.05, 3.63) is 33.1 Å². The molecule has 1 rings (SSSR count). The van der Waals surface area contributed by atoms with E-state index in [1.807, 2.05) is 22.6 Å². The fourth-order valence-corrected chi connectivity index (χ4v) is 1.20. The third-order valence-electron chi connectivity index (χ3n) is 1.09. The van der Waals surface area contributed by atoms with Crippen LogP contribution in [0, 0.1) is 9.39 Å². The quantitative estimate of drug-likeness (QED) is 0.551. The van der Waals surface area contributed by atoms with Crippen LogP contribution in [0.4, 0.5) is 4.39 Å². The molecular formula is C7H4FIO. The average Bonchev–Trinajstić information content (AvgIpc) is 1.88. The van der Waals surface area contributed by atoms with Gasteiger partial charge in [0.05, 0.1) is 0 Å². The first-order valence-electron chi connectivity index (χ1n) is 2.64. The van der Waals surface area contributed by atoms with Crippen LogP contribution < -0.4 is 0 Å². The van der Waals surface area contributed by atoms with Gasteiger partial charge in [0.15, 0.2) is 6.29 Å². The summed E-state index contributed by atoms with van der Waals surface area (Å²) >= 11 is 1.91. The van der Waals surface area contributed by atoms with Gasteiger partial charge in [-0.3, -0.25) is 4.79 Å². The van der Waals surface area contributed by atoms with Crippen LogP contribution >= 0.6 is 22.6 Å². The summed E-state index contributed by atoms with van der Waals surface area (Å²) in [7, 11) is 0. The van der Waals surface area contributed by atoms with Crippen LogP contribution in [0.5, 0.6) is 0 Å². The summed E-state index contributed by atoms with van der Waals surface area (Å²) in [6, 6.07) is 4.06. The third kappa shape index (κ3) is 1.53. The Labute approximate surface area is 71.4 Å². The highest BCUT2D eigenvalue weighted by atomic mass is 127. The lowest BCUT2D eigenvalue weighted by molar-refractivity contribution is 0.112. The Hall–Kier alpha value is -0.450. The maximum atomic E-state index is 12.4. The first kappa shape index (κ1) is 7.65. The average molecular weight is 250 g/mol. The molecular weight excluding hydrogens is 246 g/mol. The van der Waals surface area contributed by atoms with E-state index in [0.29, 0.717) is 15.4 Å². The first-order valence-corrected chi connectivity index (χ1v) is 3.72. The van der Waals surface area contributed by atoms with Crippen molar-refractivity contribution < 1.29 is 9.18 Å². The highest BCUT2D eigenvalue weighted by molar-refractivity contribution is 14.1. The topological polar surface area (TPSA) is 17.1 Å². The molecule has 1 aromatic carbocycles. The van der Waals surface area contributed by atoms with E-state index in [0.717, 1.165) is 0 Å². The van der Waals surface area contributed by atoms with E-state index < -0.39 is 0 Å². The molecule has 0 fully saturated rings. The van der Waals surface area contributed by atoms with Crippen LogP contribution in [0.15, 0.2) is 18.2 Å². The number of carbonyl (C=O) groups excluding carboxylic acids is 1. The molecule has 52 valence electrons. The molecule has 0 saturated carbocycles. The molecule has 0 N–H and O–H groups in total. The summed E-state index contributed by atoms with van der Waals surface area (Å²) in [5.41, 5.74) is 0.530. The second-order valence-electron chi connectivity index (χ2n) is 1.78. The molecule has 0 aliphatic carbocycles. The van der Waals surface area contributed by atoms with Gasteiger partial charge in [0.1, 0.15) is 5.82 Å². The summed E-state index contributed by atoms with van der Waals surface area (Å²) in [5.74, 6) is -0.310. The summed E-state index contributed by atoms with van der Waals surface area (Å²) in [4.78, 5) is 10.2. The number of hydrogen-bond acceptors (Lipinski definition) is 1. The molecule has 0 aromatic heterocycles. The van der Waals surface area contributed by atoms with Crippen molar-refractivity contribution in [2.45, 2.75) is 0 Å². The molecule has 3 heteroatoms. The predicted octanol–water partition coefficient (Wildman–Crippen LogP) is 2.24. The molecule has 1 nitrogen and oxygen atoms in total. The van der Waals surface area contributed by atoms with E-state index in [1.54, 1.807) is 0 Å². The van der Waals surface area contributed by atoms with Gasteiger partial charge in [0.2, 0.25) is 0 Å². The summed E-state index contributed by atoms with van der Waals surface area (Å²) in [6.07, 6.45) is 0.710. The van der Waals surface area contributed by atoms with Gasteiger partial charge in [-0.05, 0) is 40.8 Å². The highest BCUT2D eigenvalue weighted by Gasteiger charge is 1.97. The van der Waals surface area contributed by atoms with Crippen molar-refractivity contribution in [1.29, 1.82) is 0 Å². The fourth-order valence-electron chi connectivity index (χ4n) is 0.597. The lowest BCUT2D eigenvalue weighted by atomic mass is 10.2. The number of carbonyl (C=O) groups is 1. The number of halogens is 2. The monoisotopic (exact) mass is 250 g/mol. The van der Waals surface area contributed by atoms with Gasteiger partial charge in [0, 0.05) is 9.13 Å². The molecule has 0 spiro atoms. The molecule has 10 heavy (non-hydrogen) atoms. The van der Waals surface area contributed by atoms with Gasteiger partial charge in [-0.15, -0.1) is 0 Å². The number of rotatable bonds is 1. The van der Waals surface area contributed by atoms with Crippen LogP contribution in [0.1, 0.15) is 10.4 Å². The van der Waals surface area contributed by atoms with Crippen molar-refractivity contribution in [2.75, 3.05) is 0 Å². The predicted molar refractivity (Wildman–Crippen MR) is 44.5 cm³/mol. The zero-order chi connectivity index (χ0) is 7.56. The standard InChI is InChI=1S/C7H4FIO/c8-6-2-1-5(4-10)7(9)3-6/h1-4H. The Morgan fingerprint density at radius 3 is 2.70 bits per heavy atom. The van der Waals surface area contributed by atoms with E-state index in [4.69, 9.17) is 0 Å². The van der Waals surface area contributed by atoms with Crippen molar-refractivity contribution >= 4 is 28.9 Å². The van der Waals surface area contributed by atoms with E-state index in [1.165, 1.54) is 18.2 Å². The minimum Gasteiger partial charge on any atom is -0.298 e. The van der Waals surface area contributed by atoms with Crippen LogP contribution in [0.2, 0.25) is 0 Å². The van der Waals surface area contributed by atoms with Crippen LogP contribution in [-0.4, -0.2) is 6.29 Å². The van der Waals surface area contributed by atoms with Crippen molar-refractivity contribution in [1.82, 2.24) is 0 Å². The molecule has 0 amide bonds. The van der Waals surface area contributed by atoms with Crippen molar-refractivity contribution in [2.24, 2.45) is 0 Å². The van der Waals surface area contributed by atoms with E-state index in [9.17, 15) is 9.18 Å². The Morgan fingerprint density at radius 2 is 2.20 bits per heavy atom. The largest absolute Gasteiger partial charge is 0.298 e. The van der Waals surface area contributed by atoms with E-state index in [-0.39, 0.29) is 5.82 Å². The molecule has 0 saturated heterocycles. The Kier molecular flexibility index (Phi) is 2.37. The normalized spacial score (nSPS) is 9.40. The molecule has 1 aromatic rings. The first-order chi connectivity index (χ1) is 4.74. The van der Waals surface area contributed by atoms with Crippen molar-refractivity contribution in [3.63, 3.8) is 0 Å². The zero-order valence-corrected chi connectivity index (χ0v) is 7.13. The minimum atomic E-state index is -0.310. The van der Waals surface area contributed by atoms with E-state index >= 15 is 0 Å². The minimum absolute atomic E-state index is 0.310. The summed E-state index contributed by atoms with van der Waals surface area (Å²) < 4.78 is 13.0. The van der Waals surface area contributed by atoms with E-state index in [2.05, 4.69) is 0 Å². The van der Waals surface area contributed by atoms with Gasteiger partial charge in [-0.25, -0.2) is 4.39 Å². The number of benzene rings is 1. The fraction of sp³-hybridized carbons (Fsp3) is 0. The van der Waals surface area contributed by atoms with Gasteiger partial charge in [0.25, 0.3) is 0 Å². The Morgan fingerprint density at radius 1 is 1.50 bits per heavy atom. The molecule has 0 aliphatic rings. The Balaban J connectivity index is 3.19. The SMILES string of the molecule is O=Cc1ccc(F)cc1I. The molecule has 0 atom stereocenters. The second-order valence-corrected chi connectivity index (χ2v) is 2.95. The third-order valence-corrected chi connectivity index (χ3v) is 2.02. The maximum absolute atomic E-state index is 12.4. The van der Waals surface area contributed by atoms with Crippen LogP contribution in [-0.2, 0) is 0 Å². The number of hydrogen-bond donors (Lipinski definition) is 0. The zero-order valence-electron chi connectivity index (χ0n) is 4.97. The molecule has 0 unspecified atom stereocenters. The molecule has 0 aliphatic heterocycles. The van der Waals surface area contributed by atoms with Gasteiger partial charge in [-0.1, -0.05) is 0 Å². The summed E-state index contributed by atoms with van der Waals surface area (Å²) in [6.45, 7) is 0. The van der Waals surface area contributed by atoms with Gasteiger partial charge < -0.3 is 0 Å². The lowest BCUT2D eigenvalue weighted by Crippen LogP contribution is -1.85. The molecule has 0 radical (unpaired) electrons. The van der Waals surface area contributed by atoms with Crippen LogP contribution in [0.25, 0.3) is 0 Å². The van der Waals surface area contributed by atoms with Gasteiger partial charge in [-0.2, -0.15) is 0 Å². The maximum Gasteiger partial charge on any atom is 0.151 e. The smallest absolute Gasteiger partial charge is 0.151 e. The Bertz CT molecular complexity index is 260. The summed E-state index contributed by atoms with van der Waals surface area (Å²) in [5, 5.41) is 0. The number of aldehydes is 1. The van der Waals surface area contributed by atoms with Crippen molar-refractivity contribution in [3.8, 4) is 0 Å². The van der Waals surface area contributed by atoms with Crippen LogP contribution in [0.3, 0.4) is 0 Å². The second kappa shape index (κ2) is 3.09. The molecule has 0 heterocycles. The van der Waals surface area contributed by atoms with Gasteiger partial charge >= 0.3 is 0 Å². The molecule has 0 bridgehead atoms. The lowest BCUT2D eigenvalue weighted by Gasteiger charge is -1.93.